The van der Waals surface area contributed by atoms with Crippen LogP contribution in [0.25, 0.3) is 16.6 Å². The highest BCUT2D eigenvalue weighted by atomic mass is 16.1. The van der Waals surface area contributed by atoms with Gasteiger partial charge >= 0.3 is 0 Å². The number of anilines is 1. The van der Waals surface area contributed by atoms with E-state index in [-0.39, 0.29) is 5.91 Å². The zero-order valence-electron chi connectivity index (χ0n) is 20.5. The van der Waals surface area contributed by atoms with Crippen LogP contribution in [0, 0.1) is 13.8 Å². The van der Waals surface area contributed by atoms with Crippen molar-refractivity contribution in [3.8, 4) is 5.69 Å². The van der Waals surface area contributed by atoms with Gasteiger partial charge in [-0.1, -0.05) is 36.4 Å². The van der Waals surface area contributed by atoms with Crippen LogP contribution in [0.15, 0.2) is 102 Å². The van der Waals surface area contributed by atoms with Gasteiger partial charge in [0.1, 0.15) is 0 Å². The Morgan fingerprint density at radius 1 is 0.861 bits per heavy atom. The first-order chi connectivity index (χ1) is 17.6. The first-order valence-electron chi connectivity index (χ1n) is 12.1. The summed E-state index contributed by atoms with van der Waals surface area (Å²) in [5.74, 6) is 0.212. The van der Waals surface area contributed by atoms with Crippen LogP contribution in [-0.4, -0.2) is 28.0 Å². The largest absolute Gasteiger partial charge is 0.361 e. The van der Waals surface area contributed by atoms with E-state index in [9.17, 15) is 4.79 Å². The second kappa shape index (κ2) is 10.4. The van der Waals surface area contributed by atoms with Gasteiger partial charge in [-0.25, -0.2) is 0 Å². The van der Waals surface area contributed by atoms with Crippen molar-refractivity contribution in [3.63, 3.8) is 0 Å². The van der Waals surface area contributed by atoms with Gasteiger partial charge in [0.2, 0.25) is 5.96 Å². The number of rotatable bonds is 6. The predicted octanol–water partition coefficient (Wildman–Crippen LogP) is 6.02. The van der Waals surface area contributed by atoms with E-state index in [1.807, 2.05) is 72.9 Å². The average Bonchev–Trinajstić information content (AvgIpc) is 3.47. The monoisotopic (exact) mass is 475 g/mol. The number of carbonyl (C=O) groups is 1. The topological polar surface area (TPSA) is 74.2 Å². The highest BCUT2D eigenvalue weighted by Gasteiger charge is 2.11. The Kier molecular flexibility index (Phi) is 6.67. The summed E-state index contributed by atoms with van der Waals surface area (Å²) in [5.41, 5.74) is 7.08. The minimum absolute atomic E-state index is 0.211. The number of hydrogen-bond donors (Lipinski definition) is 3. The summed E-state index contributed by atoms with van der Waals surface area (Å²) in [6, 6.07) is 29.7. The van der Waals surface area contributed by atoms with E-state index in [2.05, 4.69) is 58.3 Å². The van der Waals surface area contributed by atoms with Crippen molar-refractivity contribution in [2.24, 2.45) is 4.99 Å². The second-order valence-electron chi connectivity index (χ2n) is 8.78. The summed E-state index contributed by atoms with van der Waals surface area (Å²) in [4.78, 5) is 21.1. The minimum atomic E-state index is -0.211. The molecule has 0 radical (unpaired) electrons. The SMILES string of the molecule is Cc1ccc(C)n1-c1ccc(C(=O)NC(=NCCc2c[nH]c3ccccc23)Nc2ccccc2)cc1. The van der Waals surface area contributed by atoms with Crippen LogP contribution in [0.3, 0.4) is 0 Å². The molecule has 0 spiro atoms. The van der Waals surface area contributed by atoms with E-state index in [1.165, 1.54) is 10.9 Å². The molecule has 180 valence electrons. The number of hydrogen-bond acceptors (Lipinski definition) is 2. The number of para-hydroxylation sites is 2. The van der Waals surface area contributed by atoms with E-state index >= 15 is 0 Å². The normalized spacial score (nSPS) is 11.6. The van der Waals surface area contributed by atoms with Crippen molar-refractivity contribution >= 4 is 28.5 Å². The summed E-state index contributed by atoms with van der Waals surface area (Å²) < 4.78 is 2.16. The molecule has 0 aliphatic heterocycles. The first-order valence-corrected chi connectivity index (χ1v) is 12.1. The van der Waals surface area contributed by atoms with Crippen molar-refractivity contribution in [1.29, 1.82) is 0 Å². The first kappa shape index (κ1) is 23.2. The minimum Gasteiger partial charge on any atom is -0.361 e. The Labute approximate surface area is 210 Å². The van der Waals surface area contributed by atoms with Gasteiger partial charge in [0.25, 0.3) is 5.91 Å². The van der Waals surface area contributed by atoms with Gasteiger partial charge in [-0.05, 0) is 80.4 Å². The lowest BCUT2D eigenvalue weighted by atomic mass is 10.1. The number of aromatic nitrogens is 2. The lowest BCUT2D eigenvalue weighted by Gasteiger charge is -2.13. The summed E-state index contributed by atoms with van der Waals surface area (Å²) in [6.07, 6.45) is 2.78. The van der Waals surface area contributed by atoms with Crippen LogP contribution >= 0.6 is 0 Å². The maximum absolute atomic E-state index is 13.1. The van der Waals surface area contributed by atoms with E-state index in [1.54, 1.807) is 0 Å². The standard InChI is InChI=1S/C30H29N5O/c1-21-12-13-22(2)35(21)26-16-14-23(15-17-26)29(36)34-30(33-25-8-4-3-5-9-25)31-19-18-24-20-32-28-11-7-6-10-27(24)28/h3-17,20,32H,18-19H2,1-2H3,(H2,31,33,34,36). The number of carbonyl (C=O) groups excluding carboxylic acids is 1. The molecule has 0 atom stereocenters. The fourth-order valence-electron chi connectivity index (χ4n) is 4.41. The number of aromatic amines is 1. The zero-order chi connectivity index (χ0) is 24.9. The van der Waals surface area contributed by atoms with E-state index < -0.39 is 0 Å². The van der Waals surface area contributed by atoms with Crippen LogP contribution in [-0.2, 0) is 6.42 Å². The fraction of sp³-hybridized carbons (Fsp3) is 0.133. The number of fused-ring (bicyclic) bond motifs is 1. The zero-order valence-corrected chi connectivity index (χ0v) is 20.5. The number of nitrogens with zero attached hydrogens (tertiary/aromatic N) is 2. The van der Waals surface area contributed by atoms with Crippen LogP contribution < -0.4 is 10.6 Å². The molecule has 0 aliphatic carbocycles. The molecule has 0 fully saturated rings. The quantitative estimate of drug-likeness (QED) is 0.208. The number of aliphatic imine (C=N–C) groups is 1. The highest BCUT2D eigenvalue weighted by Crippen LogP contribution is 2.19. The molecular formula is C30H29N5O. The van der Waals surface area contributed by atoms with Crippen molar-refractivity contribution in [3.05, 3.63) is 120 Å². The van der Waals surface area contributed by atoms with Gasteiger partial charge in [-0.3, -0.25) is 15.1 Å². The molecule has 6 heteroatoms. The van der Waals surface area contributed by atoms with Crippen molar-refractivity contribution in [2.75, 3.05) is 11.9 Å². The van der Waals surface area contributed by atoms with Gasteiger partial charge in [0, 0.05) is 52.0 Å². The molecule has 0 aliphatic rings. The number of H-pyrrole nitrogens is 1. The van der Waals surface area contributed by atoms with E-state index in [4.69, 9.17) is 4.99 Å². The third-order valence-corrected chi connectivity index (χ3v) is 6.25. The number of aryl methyl sites for hydroxylation is 2. The average molecular weight is 476 g/mol. The van der Waals surface area contributed by atoms with Crippen molar-refractivity contribution < 1.29 is 4.79 Å². The maximum atomic E-state index is 13.1. The fourth-order valence-corrected chi connectivity index (χ4v) is 4.41. The third-order valence-electron chi connectivity index (χ3n) is 6.25. The summed E-state index contributed by atoms with van der Waals surface area (Å²) in [7, 11) is 0. The highest BCUT2D eigenvalue weighted by molar-refractivity contribution is 6.10. The molecule has 6 nitrogen and oxygen atoms in total. The molecule has 0 bridgehead atoms. The molecule has 0 saturated carbocycles. The Hall–Kier alpha value is -4.58. The Morgan fingerprint density at radius 2 is 1.56 bits per heavy atom. The van der Waals surface area contributed by atoms with Gasteiger partial charge in [0.15, 0.2) is 0 Å². The van der Waals surface area contributed by atoms with Gasteiger partial charge < -0.3 is 14.9 Å². The third kappa shape index (κ3) is 5.08. The van der Waals surface area contributed by atoms with Gasteiger partial charge in [0.05, 0.1) is 0 Å². The van der Waals surface area contributed by atoms with Crippen LogP contribution in [0.5, 0.6) is 0 Å². The number of amides is 1. The Morgan fingerprint density at radius 3 is 2.31 bits per heavy atom. The van der Waals surface area contributed by atoms with Gasteiger partial charge in [-0.15, -0.1) is 0 Å². The molecule has 0 saturated heterocycles. The lowest BCUT2D eigenvalue weighted by Crippen LogP contribution is -2.36. The lowest BCUT2D eigenvalue weighted by molar-refractivity contribution is 0.0977. The molecular weight excluding hydrogens is 446 g/mol. The molecule has 2 heterocycles. The van der Waals surface area contributed by atoms with Crippen LogP contribution in [0.1, 0.15) is 27.3 Å². The molecule has 2 aromatic heterocycles. The number of guanidine groups is 1. The number of benzene rings is 3. The smallest absolute Gasteiger partial charge is 0.257 e. The van der Waals surface area contributed by atoms with Gasteiger partial charge in [-0.2, -0.15) is 0 Å². The molecule has 0 unspecified atom stereocenters. The molecule has 36 heavy (non-hydrogen) atoms. The van der Waals surface area contributed by atoms with Crippen molar-refractivity contribution in [2.45, 2.75) is 20.3 Å². The predicted molar refractivity (Wildman–Crippen MR) is 147 cm³/mol. The second-order valence-corrected chi connectivity index (χ2v) is 8.78. The van der Waals surface area contributed by atoms with E-state index in [0.29, 0.717) is 18.1 Å². The molecule has 5 rings (SSSR count). The van der Waals surface area contributed by atoms with E-state index in [0.717, 1.165) is 34.7 Å². The van der Waals surface area contributed by atoms with Crippen LogP contribution in [0.2, 0.25) is 0 Å². The molecule has 3 aromatic carbocycles. The summed E-state index contributed by atoms with van der Waals surface area (Å²) in [5, 5.41) is 7.41. The maximum Gasteiger partial charge on any atom is 0.257 e. The summed E-state index contributed by atoms with van der Waals surface area (Å²) in [6.45, 7) is 4.67. The van der Waals surface area contributed by atoms with Crippen molar-refractivity contribution in [1.82, 2.24) is 14.9 Å². The summed E-state index contributed by atoms with van der Waals surface area (Å²) >= 11 is 0. The molecule has 1 amide bonds. The number of nitrogens with one attached hydrogen (secondary N) is 3. The molecule has 3 N–H and O–H groups in total. The Bertz CT molecular complexity index is 1490. The molecule has 5 aromatic rings. The van der Waals surface area contributed by atoms with Crippen LogP contribution in [0.4, 0.5) is 5.69 Å². The Balaban J connectivity index is 1.32.